The van der Waals surface area contributed by atoms with Crippen LogP contribution in [0.1, 0.15) is 5.56 Å². The number of para-hydroxylation sites is 2. The smallest absolute Gasteiger partial charge is 0.341 e. The molecule has 0 saturated carbocycles. The molecule has 31 heavy (non-hydrogen) atoms. The molecule has 0 atom stereocenters. The zero-order chi connectivity index (χ0) is 22.1. The van der Waals surface area contributed by atoms with Gasteiger partial charge in [-0.25, -0.2) is 14.8 Å². The van der Waals surface area contributed by atoms with Crippen LogP contribution in [0, 0.1) is 0 Å². The van der Waals surface area contributed by atoms with Gasteiger partial charge in [-0.1, -0.05) is 35.4 Å². The molecule has 0 fully saturated rings. The van der Waals surface area contributed by atoms with Gasteiger partial charge in [0.05, 0.1) is 32.2 Å². The van der Waals surface area contributed by atoms with Crippen LogP contribution in [0.2, 0.25) is 0 Å². The highest BCUT2D eigenvalue weighted by atomic mass is 16.5. The predicted molar refractivity (Wildman–Crippen MR) is 111 cm³/mol. The first-order valence-corrected chi connectivity index (χ1v) is 8.88. The Morgan fingerprint density at radius 1 is 1.00 bits per heavy atom. The maximum atomic E-state index is 12.1. The number of rotatable bonds is 8. The average molecular weight is 419 g/mol. The summed E-state index contributed by atoms with van der Waals surface area (Å²) in [4.78, 5) is 23.1. The van der Waals surface area contributed by atoms with Crippen molar-refractivity contribution in [1.29, 1.82) is 0 Å². The molecule has 0 aliphatic rings. The lowest BCUT2D eigenvalue weighted by Gasteiger charge is -2.12. The number of azide groups is 1. The molecule has 0 radical (unpaired) electrons. The fourth-order valence-corrected chi connectivity index (χ4v) is 2.56. The van der Waals surface area contributed by atoms with E-state index >= 15 is 0 Å². The summed E-state index contributed by atoms with van der Waals surface area (Å²) in [6.07, 6.45) is 2.53. The van der Waals surface area contributed by atoms with Crippen LogP contribution in [-0.4, -0.2) is 30.2 Å². The van der Waals surface area contributed by atoms with Crippen LogP contribution in [0.25, 0.3) is 16.0 Å². The Kier molecular flexibility index (Phi) is 7.02. The lowest BCUT2D eigenvalue weighted by atomic mass is 10.1. The molecule has 0 saturated heterocycles. The van der Waals surface area contributed by atoms with Gasteiger partial charge in [-0.05, 0) is 23.7 Å². The molecule has 3 aromatic rings. The number of esters is 1. The zero-order valence-electron chi connectivity index (χ0n) is 16.6. The van der Waals surface area contributed by atoms with E-state index in [0.717, 1.165) is 0 Å². The van der Waals surface area contributed by atoms with Crippen LogP contribution in [0.4, 0.5) is 5.69 Å². The van der Waals surface area contributed by atoms with Gasteiger partial charge in [-0.2, -0.15) is 0 Å². The monoisotopic (exact) mass is 419 g/mol. The van der Waals surface area contributed by atoms with E-state index in [4.69, 9.17) is 24.5 Å². The molecule has 10 heteroatoms. The molecule has 0 aliphatic carbocycles. The van der Waals surface area contributed by atoms with Crippen molar-refractivity contribution < 1.29 is 23.7 Å². The number of ether oxygens (including phenoxy) is 4. The molecule has 0 unspecified atom stereocenters. The topological polar surface area (TPSA) is 129 Å². The average Bonchev–Trinajstić information content (AvgIpc) is 2.79. The highest BCUT2D eigenvalue weighted by molar-refractivity contribution is 6.17. The highest BCUT2D eigenvalue weighted by Gasteiger charge is 2.18. The van der Waals surface area contributed by atoms with Crippen molar-refractivity contribution in [1.82, 2.24) is 9.97 Å². The number of carbonyl (C=O) groups excluding carboxylic acids is 1. The quantitative estimate of drug-likeness (QED) is 0.123. The Morgan fingerprint density at radius 3 is 2.32 bits per heavy atom. The second-order valence-corrected chi connectivity index (χ2v) is 5.81. The van der Waals surface area contributed by atoms with Crippen LogP contribution in [0.15, 0.2) is 72.3 Å². The fraction of sp³-hybridized carbons (Fsp3) is 0.0952. The maximum absolute atomic E-state index is 12.1. The van der Waals surface area contributed by atoms with Crippen LogP contribution in [0.3, 0.4) is 0 Å². The number of benzene rings is 2. The first kappa shape index (κ1) is 21.2. The summed E-state index contributed by atoms with van der Waals surface area (Å²) in [6, 6.07) is 15.0. The number of methoxy groups -OCH3 is 2. The van der Waals surface area contributed by atoms with E-state index in [1.54, 1.807) is 48.5 Å². The Bertz CT molecular complexity index is 1160. The predicted octanol–water partition coefficient (Wildman–Crippen LogP) is 5.16. The van der Waals surface area contributed by atoms with Crippen molar-refractivity contribution >= 4 is 17.2 Å². The molecule has 1 aromatic heterocycles. The number of nitrogens with zero attached hydrogens (tertiary/aromatic N) is 5. The third-order valence-corrected chi connectivity index (χ3v) is 3.88. The molecule has 0 amide bonds. The molecule has 0 spiro atoms. The molecule has 2 aromatic carbocycles. The first-order chi connectivity index (χ1) is 15.2. The summed E-state index contributed by atoms with van der Waals surface area (Å²) in [5, 5.41) is 3.59. The van der Waals surface area contributed by atoms with E-state index in [1.165, 1.54) is 32.9 Å². The molecule has 0 aliphatic heterocycles. The van der Waals surface area contributed by atoms with E-state index in [0.29, 0.717) is 22.7 Å². The summed E-state index contributed by atoms with van der Waals surface area (Å²) < 4.78 is 21.4. The van der Waals surface area contributed by atoms with Gasteiger partial charge in [-0.3, -0.25) is 0 Å². The zero-order valence-corrected chi connectivity index (χ0v) is 16.6. The van der Waals surface area contributed by atoms with Gasteiger partial charge in [0.1, 0.15) is 23.4 Å². The van der Waals surface area contributed by atoms with Gasteiger partial charge < -0.3 is 18.9 Å². The number of hydrogen-bond acceptors (Lipinski definition) is 8. The van der Waals surface area contributed by atoms with Crippen molar-refractivity contribution in [3.63, 3.8) is 0 Å². The maximum Gasteiger partial charge on any atom is 0.341 e. The summed E-state index contributed by atoms with van der Waals surface area (Å²) in [5.41, 5.74) is 9.63. The lowest BCUT2D eigenvalue weighted by molar-refractivity contribution is -0.133. The normalized spacial score (nSPS) is 10.6. The Morgan fingerprint density at radius 2 is 1.65 bits per heavy atom. The van der Waals surface area contributed by atoms with E-state index in [2.05, 4.69) is 20.0 Å². The van der Waals surface area contributed by atoms with Crippen molar-refractivity contribution in [2.45, 2.75) is 0 Å². The third-order valence-electron chi connectivity index (χ3n) is 3.88. The fourth-order valence-electron chi connectivity index (χ4n) is 2.56. The van der Waals surface area contributed by atoms with E-state index in [-0.39, 0.29) is 17.3 Å². The van der Waals surface area contributed by atoms with Crippen molar-refractivity contribution in [2.24, 2.45) is 5.11 Å². The summed E-state index contributed by atoms with van der Waals surface area (Å²) in [5.74, 6) is 0.417. The second-order valence-electron chi connectivity index (χ2n) is 5.81. The molecule has 0 bridgehead atoms. The Labute approximate surface area is 177 Å². The van der Waals surface area contributed by atoms with Crippen molar-refractivity contribution in [3.05, 3.63) is 83.2 Å². The van der Waals surface area contributed by atoms with Crippen LogP contribution in [0.5, 0.6) is 23.3 Å². The van der Waals surface area contributed by atoms with Gasteiger partial charge in [-0.15, -0.1) is 0 Å². The first-order valence-electron chi connectivity index (χ1n) is 8.88. The van der Waals surface area contributed by atoms with Crippen LogP contribution < -0.4 is 9.47 Å². The highest BCUT2D eigenvalue weighted by Crippen LogP contribution is 2.33. The molecule has 3 rings (SSSR count). The number of aromatic nitrogens is 2. The summed E-state index contributed by atoms with van der Waals surface area (Å²) >= 11 is 0. The minimum atomic E-state index is -0.584. The molecule has 10 nitrogen and oxygen atoms in total. The Balaban J connectivity index is 1.90. The van der Waals surface area contributed by atoms with Gasteiger partial charge in [0.25, 0.3) is 0 Å². The van der Waals surface area contributed by atoms with Gasteiger partial charge in [0.2, 0.25) is 11.8 Å². The van der Waals surface area contributed by atoms with E-state index in [9.17, 15) is 4.79 Å². The van der Waals surface area contributed by atoms with Gasteiger partial charge >= 0.3 is 5.97 Å². The van der Waals surface area contributed by atoms with Gasteiger partial charge in [0, 0.05) is 10.5 Å². The molecular weight excluding hydrogens is 402 g/mol. The minimum absolute atomic E-state index is 0.167. The van der Waals surface area contributed by atoms with Crippen molar-refractivity contribution in [2.75, 3.05) is 14.2 Å². The molecule has 1 heterocycles. The van der Waals surface area contributed by atoms with E-state index in [1.807, 2.05) is 0 Å². The molecule has 156 valence electrons. The minimum Gasteiger partial charge on any atom is -0.503 e. The second kappa shape index (κ2) is 10.3. The van der Waals surface area contributed by atoms with E-state index < -0.39 is 5.97 Å². The standard InChI is InChI=1S/C21H17N5O5/c1-28-12-15(21(27)29-2)14-7-3-5-9-17(14)30-19-11-20(24-13-23-19)31-18-10-6-4-8-16(18)25-26-22/h3-13H,1-2H3/b15-12-. The summed E-state index contributed by atoms with van der Waals surface area (Å²) in [6.45, 7) is 0. The SMILES string of the molecule is CO/C=C(\C(=O)OC)c1ccccc1Oc1cc(Oc2ccccc2N=[N+]=[N-])ncn1. The molecule has 0 N–H and O–H groups in total. The number of hydrogen-bond donors (Lipinski definition) is 0. The largest absolute Gasteiger partial charge is 0.503 e. The Hall–Kier alpha value is -4.56. The number of carbonyl (C=O) groups is 1. The lowest BCUT2D eigenvalue weighted by Crippen LogP contribution is -2.06. The van der Waals surface area contributed by atoms with Crippen molar-refractivity contribution in [3.8, 4) is 23.3 Å². The van der Waals surface area contributed by atoms with Crippen LogP contribution >= 0.6 is 0 Å². The molecular formula is C21H17N5O5. The van der Waals surface area contributed by atoms with Gasteiger partial charge in [0.15, 0.2) is 0 Å². The third kappa shape index (κ3) is 5.28. The van der Waals surface area contributed by atoms with Crippen LogP contribution in [-0.2, 0) is 14.3 Å². The summed E-state index contributed by atoms with van der Waals surface area (Å²) in [7, 11) is 2.70.